The van der Waals surface area contributed by atoms with Gasteiger partial charge in [-0.05, 0) is 49.1 Å². The maximum atomic E-state index is 13.7. The van der Waals surface area contributed by atoms with Crippen molar-refractivity contribution in [2.75, 3.05) is 6.54 Å². The standard InChI is InChI=1S/C11H15BrFN/c1-6(5-14)9-4-10(12)8(3)11(13)7(9)2/h4,6H,5,14H2,1-3H3. The molecule has 1 rings (SSSR count). The number of hydrogen-bond donors (Lipinski definition) is 1. The van der Waals surface area contributed by atoms with Crippen LogP contribution in [0.25, 0.3) is 0 Å². The summed E-state index contributed by atoms with van der Waals surface area (Å²) in [5.41, 5.74) is 7.94. The summed E-state index contributed by atoms with van der Waals surface area (Å²) < 4.78 is 14.5. The number of benzene rings is 1. The van der Waals surface area contributed by atoms with Gasteiger partial charge in [0.25, 0.3) is 0 Å². The molecule has 14 heavy (non-hydrogen) atoms. The van der Waals surface area contributed by atoms with E-state index in [0.717, 1.165) is 10.0 Å². The summed E-state index contributed by atoms with van der Waals surface area (Å²) in [6.07, 6.45) is 0. The lowest BCUT2D eigenvalue weighted by molar-refractivity contribution is 0.600. The van der Waals surface area contributed by atoms with Crippen molar-refractivity contribution in [1.82, 2.24) is 0 Å². The van der Waals surface area contributed by atoms with Gasteiger partial charge in [0, 0.05) is 4.47 Å². The van der Waals surface area contributed by atoms with Crippen molar-refractivity contribution in [3.63, 3.8) is 0 Å². The third-order valence-electron chi connectivity index (χ3n) is 2.62. The monoisotopic (exact) mass is 259 g/mol. The van der Waals surface area contributed by atoms with Gasteiger partial charge < -0.3 is 5.73 Å². The summed E-state index contributed by atoms with van der Waals surface area (Å²) in [5, 5.41) is 0. The first-order chi connectivity index (χ1) is 6.49. The number of rotatable bonds is 2. The van der Waals surface area contributed by atoms with Gasteiger partial charge in [-0.1, -0.05) is 22.9 Å². The van der Waals surface area contributed by atoms with Crippen molar-refractivity contribution in [2.45, 2.75) is 26.7 Å². The summed E-state index contributed by atoms with van der Waals surface area (Å²) in [7, 11) is 0. The molecule has 0 saturated carbocycles. The van der Waals surface area contributed by atoms with Gasteiger partial charge in [0.05, 0.1) is 0 Å². The third-order valence-corrected chi connectivity index (χ3v) is 3.44. The Balaban J connectivity index is 3.33. The average Bonchev–Trinajstić information content (AvgIpc) is 2.19. The van der Waals surface area contributed by atoms with E-state index in [-0.39, 0.29) is 11.7 Å². The smallest absolute Gasteiger partial charge is 0.130 e. The molecule has 0 spiro atoms. The first-order valence-corrected chi connectivity index (χ1v) is 5.43. The second kappa shape index (κ2) is 4.41. The van der Waals surface area contributed by atoms with Crippen LogP contribution in [0.2, 0.25) is 0 Å². The van der Waals surface area contributed by atoms with Gasteiger partial charge in [0.2, 0.25) is 0 Å². The van der Waals surface area contributed by atoms with E-state index in [4.69, 9.17) is 5.73 Å². The highest BCUT2D eigenvalue weighted by molar-refractivity contribution is 9.10. The fraction of sp³-hybridized carbons (Fsp3) is 0.455. The summed E-state index contributed by atoms with van der Waals surface area (Å²) in [5.74, 6) is 0.0658. The van der Waals surface area contributed by atoms with Gasteiger partial charge in [0.15, 0.2) is 0 Å². The largest absolute Gasteiger partial charge is 0.330 e. The minimum absolute atomic E-state index is 0.130. The van der Waals surface area contributed by atoms with Crippen molar-refractivity contribution < 1.29 is 4.39 Å². The molecule has 0 aromatic heterocycles. The molecule has 0 aliphatic carbocycles. The van der Waals surface area contributed by atoms with E-state index in [1.54, 1.807) is 13.8 Å². The maximum Gasteiger partial charge on any atom is 0.130 e. The molecule has 0 saturated heterocycles. The molecule has 0 bridgehead atoms. The van der Waals surface area contributed by atoms with Crippen LogP contribution >= 0.6 is 15.9 Å². The van der Waals surface area contributed by atoms with Gasteiger partial charge in [-0.2, -0.15) is 0 Å². The molecule has 0 radical (unpaired) electrons. The molecule has 2 N–H and O–H groups in total. The van der Waals surface area contributed by atoms with Gasteiger partial charge in [0.1, 0.15) is 5.82 Å². The minimum Gasteiger partial charge on any atom is -0.330 e. The Morgan fingerprint density at radius 2 is 2.00 bits per heavy atom. The molecule has 0 amide bonds. The fourth-order valence-electron chi connectivity index (χ4n) is 1.50. The summed E-state index contributed by atoms with van der Waals surface area (Å²) in [4.78, 5) is 0. The first kappa shape index (κ1) is 11.7. The molecule has 0 aliphatic heterocycles. The number of halogens is 2. The average molecular weight is 260 g/mol. The Morgan fingerprint density at radius 3 is 2.50 bits per heavy atom. The van der Waals surface area contributed by atoms with Crippen molar-refractivity contribution in [2.24, 2.45) is 5.73 Å². The predicted octanol–water partition coefficient (Wildman–Crippen LogP) is 3.27. The Morgan fingerprint density at radius 1 is 1.43 bits per heavy atom. The molecule has 1 aromatic carbocycles. The highest BCUT2D eigenvalue weighted by Gasteiger charge is 2.14. The van der Waals surface area contributed by atoms with Crippen LogP contribution < -0.4 is 5.73 Å². The Kier molecular flexibility index (Phi) is 3.67. The Hall–Kier alpha value is -0.410. The lowest BCUT2D eigenvalue weighted by Crippen LogP contribution is -2.11. The molecule has 1 unspecified atom stereocenters. The first-order valence-electron chi connectivity index (χ1n) is 4.64. The van der Waals surface area contributed by atoms with E-state index in [2.05, 4.69) is 15.9 Å². The van der Waals surface area contributed by atoms with Gasteiger partial charge in [-0.25, -0.2) is 4.39 Å². The Labute approximate surface area is 92.6 Å². The predicted molar refractivity (Wildman–Crippen MR) is 61.0 cm³/mol. The van der Waals surface area contributed by atoms with Crippen molar-refractivity contribution >= 4 is 15.9 Å². The number of nitrogens with two attached hydrogens (primary N) is 1. The van der Waals surface area contributed by atoms with E-state index in [0.29, 0.717) is 17.7 Å². The lowest BCUT2D eigenvalue weighted by atomic mass is 9.94. The van der Waals surface area contributed by atoms with Gasteiger partial charge in [-0.3, -0.25) is 0 Å². The molecule has 3 heteroatoms. The molecule has 0 heterocycles. The zero-order valence-corrected chi connectivity index (χ0v) is 10.3. The number of hydrogen-bond acceptors (Lipinski definition) is 1. The van der Waals surface area contributed by atoms with Crippen molar-refractivity contribution in [3.8, 4) is 0 Å². The van der Waals surface area contributed by atoms with E-state index >= 15 is 0 Å². The second-order valence-corrected chi connectivity index (χ2v) is 4.50. The second-order valence-electron chi connectivity index (χ2n) is 3.65. The molecule has 1 atom stereocenters. The molecule has 1 nitrogen and oxygen atoms in total. The van der Waals surface area contributed by atoms with Crippen LogP contribution in [0.4, 0.5) is 4.39 Å². The van der Waals surface area contributed by atoms with Crippen LogP contribution in [0.1, 0.15) is 29.5 Å². The maximum absolute atomic E-state index is 13.7. The van der Waals surface area contributed by atoms with Crippen LogP contribution in [-0.2, 0) is 0 Å². The zero-order valence-electron chi connectivity index (χ0n) is 8.70. The third kappa shape index (κ3) is 1.98. The SMILES string of the molecule is Cc1c(Br)cc(C(C)CN)c(C)c1F. The van der Waals surface area contributed by atoms with Gasteiger partial charge >= 0.3 is 0 Å². The van der Waals surface area contributed by atoms with Crippen molar-refractivity contribution in [1.29, 1.82) is 0 Å². The molecule has 0 fully saturated rings. The van der Waals surface area contributed by atoms with Crippen LogP contribution in [-0.4, -0.2) is 6.54 Å². The summed E-state index contributed by atoms with van der Waals surface area (Å²) >= 11 is 3.35. The molecule has 78 valence electrons. The molecule has 1 aromatic rings. The van der Waals surface area contributed by atoms with Crippen molar-refractivity contribution in [3.05, 3.63) is 33.0 Å². The summed E-state index contributed by atoms with van der Waals surface area (Å²) in [6.45, 7) is 6.11. The topological polar surface area (TPSA) is 26.0 Å². The van der Waals surface area contributed by atoms with Crippen LogP contribution in [0, 0.1) is 19.7 Å². The normalized spacial score (nSPS) is 13.0. The lowest BCUT2D eigenvalue weighted by Gasteiger charge is -2.15. The van der Waals surface area contributed by atoms with Crippen LogP contribution in [0.3, 0.4) is 0 Å². The quantitative estimate of drug-likeness (QED) is 0.867. The molecular weight excluding hydrogens is 245 g/mol. The fourth-order valence-corrected chi connectivity index (χ4v) is 1.93. The highest BCUT2D eigenvalue weighted by Crippen LogP contribution is 2.29. The van der Waals surface area contributed by atoms with Crippen LogP contribution in [0.15, 0.2) is 10.5 Å². The van der Waals surface area contributed by atoms with E-state index < -0.39 is 0 Å². The zero-order chi connectivity index (χ0) is 10.9. The van der Waals surface area contributed by atoms with Gasteiger partial charge in [-0.15, -0.1) is 0 Å². The summed E-state index contributed by atoms with van der Waals surface area (Å²) in [6, 6.07) is 1.96. The Bertz CT molecular complexity index is 350. The van der Waals surface area contributed by atoms with E-state index in [1.807, 2.05) is 13.0 Å². The molecule has 0 aliphatic rings. The van der Waals surface area contributed by atoms with E-state index in [1.165, 1.54) is 0 Å². The highest BCUT2D eigenvalue weighted by atomic mass is 79.9. The minimum atomic E-state index is -0.130. The molecular formula is C11H15BrFN. The van der Waals surface area contributed by atoms with Crippen LogP contribution in [0.5, 0.6) is 0 Å². The van der Waals surface area contributed by atoms with E-state index in [9.17, 15) is 4.39 Å².